The summed E-state index contributed by atoms with van der Waals surface area (Å²) in [5.41, 5.74) is 0. The molecule has 0 radical (unpaired) electrons. The molecule has 0 aromatic heterocycles. The van der Waals surface area contributed by atoms with E-state index in [2.05, 4.69) is 31.0 Å². The molecule has 0 aromatic rings. The second kappa shape index (κ2) is 6.41. The van der Waals surface area contributed by atoms with Crippen molar-refractivity contribution < 1.29 is 0 Å². The van der Waals surface area contributed by atoms with Gasteiger partial charge in [0.2, 0.25) is 0 Å². The van der Waals surface area contributed by atoms with E-state index >= 15 is 0 Å². The highest BCUT2D eigenvalue weighted by Gasteiger charge is 2.19. The highest BCUT2D eigenvalue weighted by Crippen LogP contribution is 2.12. The van der Waals surface area contributed by atoms with Crippen LogP contribution in [0.3, 0.4) is 0 Å². The molecule has 0 spiro atoms. The lowest BCUT2D eigenvalue weighted by atomic mass is 10.1. The van der Waals surface area contributed by atoms with Crippen molar-refractivity contribution in [3.63, 3.8) is 0 Å². The third kappa shape index (κ3) is 3.25. The first kappa shape index (κ1) is 12.0. The van der Waals surface area contributed by atoms with Crippen LogP contribution in [0.15, 0.2) is 0 Å². The number of nitrogens with one attached hydrogen (secondary N) is 1. The molecule has 2 heteroatoms. The summed E-state index contributed by atoms with van der Waals surface area (Å²) in [6.45, 7) is 10.6. The maximum atomic E-state index is 3.62. The third-order valence-electron chi connectivity index (χ3n) is 3.55. The molecule has 1 saturated heterocycles. The number of nitrogens with zero attached hydrogens (tertiary/aromatic N) is 1. The van der Waals surface area contributed by atoms with Crippen LogP contribution in [0.2, 0.25) is 0 Å². The largest absolute Gasteiger partial charge is 0.313 e. The molecule has 1 N–H and O–H groups in total. The maximum absolute atomic E-state index is 3.62. The zero-order valence-corrected chi connectivity index (χ0v) is 10.1. The van der Waals surface area contributed by atoms with Crippen LogP contribution in [0, 0.1) is 0 Å². The fraction of sp³-hybridized carbons (Fsp3) is 1.00. The first-order valence-corrected chi connectivity index (χ1v) is 6.29. The maximum Gasteiger partial charge on any atom is 0.0110 e. The second-order valence-corrected chi connectivity index (χ2v) is 4.35. The molecule has 2 nitrogen and oxygen atoms in total. The lowest BCUT2D eigenvalue weighted by molar-refractivity contribution is 0.197. The predicted molar refractivity (Wildman–Crippen MR) is 62.6 cm³/mol. The van der Waals surface area contributed by atoms with E-state index in [1.807, 2.05) is 0 Å². The quantitative estimate of drug-likeness (QED) is 0.745. The van der Waals surface area contributed by atoms with E-state index in [4.69, 9.17) is 0 Å². The Morgan fingerprint density at radius 2 is 1.93 bits per heavy atom. The molecule has 0 aromatic carbocycles. The number of rotatable bonds is 4. The minimum Gasteiger partial charge on any atom is -0.313 e. The van der Waals surface area contributed by atoms with Crippen molar-refractivity contribution in [2.75, 3.05) is 19.6 Å². The minimum absolute atomic E-state index is 0.759. The van der Waals surface area contributed by atoms with Gasteiger partial charge in [-0.2, -0.15) is 0 Å². The Kier molecular flexibility index (Phi) is 5.49. The molecule has 1 heterocycles. The van der Waals surface area contributed by atoms with Gasteiger partial charge in [0.05, 0.1) is 0 Å². The van der Waals surface area contributed by atoms with E-state index in [-0.39, 0.29) is 0 Å². The Morgan fingerprint density at radius 1 is 1.21 bits per heavy atom. The van der Waals surface area contributed by atoms with E-state index in [0.717, 1.165) is 12.1 Å². The summed E-state index contributed by atoms with van der Waals surface area (Å²) >= 11 is 0. The van der Waals surface area contributed by atoms with Gasteiger partial charge in [0.15, 0.2) is 0 Å². The van der Waals surface area contributed by atoms with Crippen molar-refractivity contribution in [1.82, 2.24) is 10.2 Å². The van der Waals surface area contributed by atoms with Crippen LogP contribution in [0.4, 0.5) is 0 Å². The summed E-state index contributed by atoms with van der Waals surface area (Å²) in [5, 5.41) is 3.62. The summed E-state index contributed by atoms with van der Waals surface area (Å²) in [6, 6.07) is 1.57. The van der Waals surface area contributed by atoms with Gasteiger partial charge in [-0.3, -0.25) is 4.90 Å². The Balaban J connectivity index is 2.40. The van der Waals surface area contributed by atoms with Crippen molar-refractivity contribution >= 4 is 0 Å². The van der Waals surface area contributed by atoms with E-state index in [1.165, 1.54) is 45.3 Å². The van der Waals surface area contributed by atoms with Crippen molar-refractivity contribution in [3.8, 4) is 0 Å². The average Bonchev–Trinajstić information content (AvgIpc) is 2.45. The molecular formula is C12H26N2. The Labute approximate surface area is 89.1 Å². The molecule has 1 aliphatic rings. The first-order chi connectivity index (χ1) is 6.81. The van der Waals surface area contributed by atoms with Crippen molar-refractivity contribution in [2.45, 2.75) is 58.5 Å². The first-order valence-electron chi connectivity index (χ1n) is 6.29. The normalized spacial score (nSPS) is 25.3. The smallest absolute Gasteiger partial charge is 0.0110 e. The molecule has 1 aliphatic heterocycles. The molecule has 14 heavy (non-hydrogen) atoms. The monoisotopic (exact) mass is 198 g/mol. The topological polar surface area (TPSA) is 15.3 Å². The molecule has 0 bridgehead atoms. The van der Waals surface area contributed by atoms with Gasteiger partial charge in [-0.1, -0.05) is 20.8 Å². The SMILES string of the molecule is CCC1CCN(C(CC)CC)CCN1. The molecule has 0 amide bonds. The van der Waals surface area contributed by atoms with Gasteiger partial charge in [-0.05, 0) is 32.2 Å². The molecule has 1 rings (SSSR count). The van der Waals surface area contributed by atoms with Crippen molar-refractivity contribution in [3.05, 3.63) is 0 Å². The third-order valence-corrected chi connectivity index (χ3v) is 3.55. The molecule has 1 fully saturated rings. The molecule has 0 saturated carbocycles. The van der Waals surface area contributed by atoms with E-state index in [0.29, 0.717) is 0 Å². The molecular weight excluding hydrogens is 172 g/mol. The van der Waals surface area contributed by atoms with Crippen LogP contribution in [0.25, 0.3) is 0 Å². The summed E-state index contributed by atoms with van der Waals surface area (Å²) in [4.78, 5) is 2.67. The van der Waals surface area contributed by atoms with Crippen molar-refractivity contribution in [2.24, 2.45) is 0 Å². The van der Waals surface area contributed by atoms with Crippen LogP contribution in [-0.4, -0.2) is 36.6 Å². The Bertz CT molecular complexity index is 143. The van der Waals surface area contributed by atoms with Gasteiger partial charge in [0.1, 0.15) is 0 Å². The highest BCUT2D eigenvalue weighted by molar-refractivity contribution is 4.77. The van der Waals surface area contributed by atoms with Gasteiger partial charge in [0.25, 0.3) is 0 Å². The van der Waals surface area contributed by atoms with Crippen LogP contribution in [-0.2, 0) is 0 Å². The van der Waals surface area contributed by atoms with E-state index in [1.54, 1.807) is 0 Å². The van der Waals surface area contributed by atoms with Crippen LogP contribution < -0.4 is 5.32 Å². The summed E-state index contributed by atoms with van der Waals surface area (Å²) in [7, 11) is 0. The van der Waals surface area contributed by atoms with E-state index in [9.17, 15) is 0 Å². The van der Waals surface area contributed by atoms with Gasteiger partial charge in [-0.15, -0.1) is 0 Å². The second-order valence-electron chi connectivity index (χ2n) is 4.35. The van der Waals surface area contributed by atoms with Crippen LogP contribution >= 0.6 is 0 Å². The van der Waals surface area contributed by atoms with Gasteiger partial charge in [-0.25, -0.2) is 0 Å². The molecule has 1 atom stereocenters. The Morgan fingerprint density at radius 3 is 2.50 bits per heavy atom. The zero-order chi connectivity index (χ0) is 10.4. The fourth-order valence-corrected chi connectivity index (χ4v) is 2.47. The fourth-order valence-electron chi connectivity index (χ4n) is 2.47. The zero-order valence-electron chi connectivity index (χ0n) is 10.1. The molecule has 0 aliphatic carbocycles. The Hall–Kier alpha value is -0.0800. The number of hydrogen-bond donors (Lipinski definition) is 1. The van der Waals surface area contributed by atoms with Crippen LogP contribution in [0.1, 0.15) is 46.5 Å². The van der Waals surface area contributed by atoms with Crippen LogP contribution in [0.5, 0.6) is 0 Å². The molecule has 84 valence electrons. The standard InChI is InChI=1S/C12H26N2/c1-4-11-7-9-14(10-8-13-11)12(5-2)6-3/h11-13H,4-10H2,1-3H3. The minimum atomic E-state index is 0.759. The van der Waals surface area contributed by atoms with Gasteiger partial charge >= 0.3 is 0 Å². The lowest BCUT2D eigenvalue weighted by Gasteiger charge is -2.28. The average molecular weight is 198 g/mol. The summed E-state index contributed by atoms with van der Waals surface area (Å²) < 4.78 is 0. The highest BCUT2D eigenvalue weighted by atomic mass is 15.2. The van der Waals surface area contributed by atoms with Gasteiger partial charge in [0, 0.05) is 25.2 Å². The number of hydrogen-bond acceptors (Lipinski definition) is 2. The lowest BCUT2D eigenvalue weighted by Crippen LogP contribution is -2.37. The van der Waals surface area contributed by atoms with Gasteiger partial charge < -0.3 is 5.32 Å². The van der Waals surface area contributed by atoms with E-state index < -0.39 is 0 Å². The summed E-state index contributed by atoms with van der Waals surface area (Å²) in [6.07, 6.45) is 5.20. The molecule has 1 unspecified atom stereocenters. The summed E-state index contributed by atoms with van der Waals surface area (Å²) in [5.74, 6) is 0. The predicted octanol–water partition coefficient (Wildman–Crippen LogP) is 2.25. The van der Waals surface area contributed by atoms with Crippen molar-refractivity contribution in [1.29, 1.82) is 0 Å².